The van der Waals surface area contributed by atoms with Crippen LogP contribution in [0.3, 0.4) is 0 Å². The lowest BCUT2D eigenvalue weighted by Crippen LogP contribution is -2.30. The van der Waals surface area contributed by atoms with Gasteiger partial charge in [-0.3, -0.25) is 37.3 Å². The molecule has 0 aromatic carbocycles. The Labute approximate surface area is 556 Å². The first-order chi connectivity index (χ1) is 43.7. The minimum Gasteiger partial charge on any atom is -0.462 e. The number of unbranched alkanes of at least 4 members (excludes halogenated alkanes) is 38. The molecule has 0 aliphatic heterocycles. The summed E-state index contributed by atoms with van der Waals surface area (Å²) in [6, 6.07) is 0. The Bertz CT molecular complexity index is 1780. The van der Waals surface area contributed by atoms with Crippen LogP contribution in [0.15, 0.2) is 0 Å². The molecule has 5 atom stereocenters. The summed E-state index contributed by atoms with van der Waals surface area (Å²) in [5.41, 5.74) is 0. The molecule has 540 valence electrons. The number of aliphatic hydroxyl groups is 1. The van der Waals surface area contributed by atoms with E-state index in [0.717, 1.165) is 108 Å². The standard InChI is InChI=1S/C72H140O17P2/c1-8-9-10-36-46-53-69(74)82-59-67(89-72(77)56-49-42-35-34-39-45-52-65(6)7)61-86-90(78,79)84-57-66(73)58-85-91(80,81)87-62-68(60-83-70(75)54-47-40-32-28-24-20-17-13-15-19-23-27-31-38-44-51-64(4)5)88-71(76)55-48-41-33-29-25-21-16-12-11-14-18-22-26-30-37-43-50-63(2)3/h63-68,73H,8-62H2,1-7H3,(H,78,79)(H,80,81)/t66-,67+,68+/m0/s1. The third-order valence-electron chi connectivity index (χ3n) is 16.6. The van der Waals surface area contributed by atoms with Gasteiger partial charge < -0.3 is 33.8 Å². The van der Waals surface area contributed by atoms with E-state index in [2.05, 4.69) is 48.5 Å². The smallest absolute Gasteiger partial charge is 0.462 e. The Morgan fingerprint density at radius 2 is 0.505 bits per heavy atom. The van der Waals surface area contributed by atoms with Crippen molar-refractivity contribution in [1.82, 2.24) is 0 Å². The molecule has 0 saturated heterocycles. The lowest BCUT2D eigenvalue weighted by molar-refractivity contribution is -0.161. The molecule has 0 aliphatic carbocycles. The molecule has 0 spiro atoms. The zero-order valence-electron chi connectivity index (χ0n) is 59.3. The van der Waals surface area contributed by atoms with Crippen LogP contribution in [-0.2, 0) is 65.4 Å². The first kappa shape index (κ1) is 89.1. The van der Waals surface area contributed by atoms with Gasteiger partial charge in [0, 0.05) is 25.7 Å². The van der Waals surface area contributed by atoms with E-state index in [0.29, 0.717) is 31.6 Å². The molecule has 0 amide bonds. The maximum atomic E-state index is 13.1. The summed E-state index contributed by atoms with van der Waals surface area (Å²) in [5.74, 6) is 0.146. The molecule has 0 aromatic rings. The average molecular weight is 1340 g/mol. The van der Waals surface area contributed by atoms with Crippen molar-refractivity contribution in [1.29, 1.82) is 0 Å². The van der Waals surface area contributed by atoms with E-state index in [1.54, 1.807) is 0 Å². The van der Waals surface area contributed by atoms with Gasteiger partial charge in [0.2, 0.25) is 0 Å². The van der Waals surface area contributed by atoms with Crippen molar-refractivity contribution in [2.45, 2.75) is 381 Å². The minimum absolute atomic E-state index is 0.101. The van der Waals surface area contributed by atoms with Gasteiger partial charge in [-0.25, -0.2) is 9.13 Å². The summed E-state index contributed by atoms with van der Waals surface area (Å²) in [6.07, 6.45) is 47.9. The van der Waals surface area contributed by atoms with Crippen molar-refractivity contribution < 1.29 is 80.2 Å². The molecule has 91 heavy (non-hydrogen) atoms. The van der Waals surface area contributed by atoms with Crippen LogP contribution in [0.4, 0.5) is 0 Å². The van der Waals surface area contributed by atoms with Gasteiger partial charge in [0.1, 0.15) is 19.3 Å². The SMILES string of the molecule is CCCCCCCC(=O)OC[C@H](COP(=O)(O)OC[C@H](O)COP(=O)(O)OC[C@@H](COC(=O)CCCCCCCCCCCCCCCCCC(C)C)OC(=O)CCCCCCCCCCCCCCCCCCC(C)C)OC(=O)CCCCCCCCC(C)C. The van der Waals surface area contributed by atoms with Crippen molar-refractivity contribution in [3.63, 3.8) is 0 Å². The highest BCUT2D eigenvalue weighted by Crippen LogP contribution is 2.45. The molecular weight excluding hydrogens is 1200 g/mol. The summed E-state index contributed by atoms with van der Waals surface area (Å²) in [7, 11) is -9.89. The topological polar surface area (TPSA) is 237 Å². The molecule has 0 rings (SSSR count). The highest BCUT2D eigenvalue weighted by atomic mass is 31.2. The first-order valence-corrected chi connectivity index (χ1v) is 40.3. The van der Waals surface area contributed by atoms with Crippen molar-refractivity contribution in [3.8, 4) is 0 Å². The fraction of sp³-hybridized carbons (Fsp3) is 0.944. The monoisotopic (exact) mass is 1340 g/mol. The summed E-state index contributed by atoms with van der Waals surface area (Å²) < 4.78 is 68.1. The predicted octanol–water partition coefficient (Wildman–Crippen LogP) is 20.6. The van der Waals surface area contributed by atoms with Crippen molar-refractivity contribution in [2.24, 2.45) is 17.8 Å². The number of rotatable bonds is 70. The zero-order chi connectivity index (χ0) is 67.3. The largest absolute Gasteiger partial charge is 0.472 e. The Balaban J connectivity index is 5.12. The van der Waals surface area contributed by atoms with Crippen LogP contribution in [0, 0.1) is 17.8 Å². The molecule has 2 unspecified atom stereocenters. The third-order valence-corrected chi connectivity index (χ3v) is 18.5. The second-order valence-electron chi connectivity index (χ2n) is 27.4. The van der Waals surface area contributed by atoms with E-state index in [9.17, 15) is 43.2 Å². The predicted molar refractivity (Wildman–Crippen MR) is 368 cm³/mol. The van der Waals surface area contributed by atoms with Crippen molar-refractivity contribution >= 4 is 39.5 Å². The van der Waals surface area contributed by atoms with Gasteiger partial charge in [0.05, 0.1) is 26.4 Å². The van der Waals surface area contributed by atoms with Gasteiger partial charge in [-0.2, -0.15) is 0 Å². The number of phosphoric ester groups is 2. The van der Waals surface area contributed by atoms with E-state index in [4.69, 9.17) is 37.0 Å². The molecule has 0 saturated carbocycles. The number of carbonyl (C=O) groups is 4. The molecule has 0 aliphatic rings. The van der Waals surface area contributed by atoms with Gasteiger partial charge in [-0.1, -0.05) is 312 Å². The van der Waals surface area contributed by atoms with E-state index >= 15 is 0 Å². The number of aliphatic hydroxyl groups excluding tert-OH is 1. The van der Waals surface area contributed by atoms with Crippen LogP contribution in [0.2, 0.25) is 0 Å². The quantitative estimate of drug-likeness (QED) is 0.0222. The highest BCUT2D eigenvalue weighted by Gasteiger charge is 2.30. The van der Waals surface area contributed by atoms with Gasteiger partial charge in [0.15, 0.2) is 12.2 Å². The molecule has 19 heteroatoms. The molecule has 3 N–H and O–H groups in total. The second kappa shape index (κ2) is 62.8. The molecule has 0 fully saturated rings. The van der Waals surface area contributed by atoms with Crippen LogP contribution in [-0.4, -0.2) is 96.7 Å². The number of esters is 4. The lowest BCUT2D eigenvalue weighted by atomic mass is 10.0. The Hall–Kier alpha value is -1.94. The summed E-state index contributed by atoms with van der Waals surface area (Å²) in [6.45, 7) is 11.7. The first-order valence-electron chi connectivity index (χ1n) is 37.3. The summed E-state index contributed by atoms with van der Waals surface area (Å²) >= 11 is 0. The average Bonchev–Trinajstić information content (AvgIpc) is 2.65. The van der Waals surface area contributed by atoms with E-state index < -0.39 is 97.5 Å². The number of carbonyl (C=O) groups excluding carboxylic acids is 4. The molecular formula is C72H140O17P2. The van der Waals surface area contributed by atoms with E-state index in [1.165, 1.54) is 167 Å². The van der Waals surface area contributed by atoms with Crippen LogP contribution in [0.1, 0.15) is 363 Å². The number of ether oxygens (including phenoxy) is 4. The molecule has 0 bridgehead atoms. The van der Waals surface area contributed by atoms with Crippen LogP contribution >= 0.6 is 15.6 Å². The fourth-order valence-electron chi connectivity index (χ4n) is 10.9. The Kier molecular flexibility index (Phi) is 61.5. The molecule has 0 heterocycles. The minimum atomic E-state index is -4.95. The third kappa shape index (κ3) is 66.5. The Morgan fingerprint density at radius 1 is 0.297 bits per heavy atom. The van der Waals surface area contributed by atoms with Gasteiger partial charge in [-0.05, 0) is 43.4 Å². The van der Waals surface area contributed by atoms with Gasteiger partial charge >= 0.3 is 39.5 Å². The van der Waals surface area contributed by atoms with E-state index in [-0.39, 0.29) is 25.7 Å². The van der Waals surface area contributed by atoms with Crippen molar-refractivity contribution in [2.75, 3.05) is 39.6 Å². The molecule has 17 nitrogen and oxygen atoms in total. The van der Waals surface area contributed by atoms with Crippen LogP contribution in [0.25, 0.3) is 0 Å². The summed E-state index contributed by atoms with van der Waals surface area (Å²) in [5, 5.41) is 10.6. The fourth-order valence-corrected chi connectivity index (χ4v) is 12.5. The number of hydrogen-bond donors (Lipinski definition) is 3. The second-order valence-corrected chi connectivity index (χ2v) is 30.3. The van der Waals surface area contributed by atoms with Gasteiger partial charge in [-0.15, -0.1) is 0 Å². The maximum absolute atomic E-state index is 13.1. The Morgan fingerprint density at radius 3 is 0.747 bits per heavy atom. The van der Waals surface area contributed by atoms with Crippen molar-refractivity contribution in [3.05, 3.63) is 0 Å². The number of phosphoric acid groups is 2. The highest BCUT2D eigenvalue weighted by molar-refractivity contribution is 7.47. The number of hydrogen-bond acceptors (Lipinski definition) is 15. The molecule has 0 aromatic heterocycles. The normalized spacial score (nSPS) is 14.2. The zero-order valence-corrected chi connectivity index (χ0v) is 61.1. The molecule has 0 radical (unpaired) electrons. The van der Waals surface area contributed by atoms with E-state index in [1.807, 2.05) is 0 Å². The lowest BCUT2D eigenvalue weighted by Gasteiger charge is -2.21. The van der Waals surface area contributed by atoms with Crippen LogP contribution < -0.4 is 0 Å². The summed E-state index contributed by atoms with van der Waals surface area (Å²) in [4.78, 5) is 72.3. The van der Waals surface area contributed by atoms with Crippen LogP contribution in [0.5, 0.6) is 0 Å². The van der Waals surface area contributed by atoms with Gasteiger partial charge in [0.25, 0.3) is 0 Å². The maximum Gasteiger partial charge on any atom is 0.472 e.